The first kappa shape index (κ1) is 15.1. The number of likely N-dealkylation sites (tertiary alicyclic amines) is 1. The Morgan fingerprint density at radius 3 is 3.00 bits per heavy atom. The number of pyridine rings is 1. The van der Waals surface area contributed by atoms with Gasteiger partial charge in [-0.25, -0.2) is 4.98 Å². The van der Waals surface area contributed by atoms with Gasteiger partial charge in [0.05, 0.1) is 0 Å². The van der Waals surface area contributed by atoms with Crippen molar-refractivity contribution >= 4 is 16.9 Å². The maximum absolute atomic E-state index is 12.3. The summed E-state index contributed by atoms with van der Waals surface area (Å²) in [6.45, 7) is 8.16. The van der Waals surface area contributed by atoms with Crippen LogP contribution in [0.5, 0.6) is 0 Å². The standard InChI is InChI=1S/C18H25N3O/c1-4-6-13-9-16(22)21(10-13)11-15-14-7-5-8-19-18(14)20-17(15)12(2)3/h5,7-8,12-13H,4,6,9-11H2,1-3H3,(H,19,20). The highest BCUT2D eigenvalue weighted by molar-refractivity contribution is 5.83. The molecular weight excluding hydrogens is 274 g/mol. The van der Waals surface area contributed by atoms with Crippen molar-refractivity contribution in [2.75, 3.05) is 6.54 Å². The van der Waals surface area contributed by atoms with Gasteiger partial charge >= 0.3 is 0 Å². The molecule has 0 radical (unpaired) electrons. The Morgan fingerprint density at radius 1 is 1.45 bits per heavy atom. The number of nitrogens with one attached hydrogen (secondary N) is 1. The molecule has 2 aromatic rings. The molecule has 1 saturated heterocycles. The van der Waals surface area contributed by atoms with Gasteiger partial charge in [-0.3, -0.25) is 4.79 Å². The molecular formula is C18H25N3O. The second-order valence-corrected chi connectivity index (χ2v) is 6.70. The van der Waals surface area contributed by atoms with Crippen molar-refractivity contribution in [2.45, 2.75) is 52.5 Å². The summed E-state index contributed by atoms with van der Waals surface area (Å²) in [5.74, 6) is 1.23. The highest BCUT2D eigenvalue weighted by Crippen LogP contribution is 2.30. The number of H-pyrrole nitrogens is 1. The maximum atomic E-state index is 12.3. The first-order valence-corrected chi connectivity index (χ1v) is 8.33. The predicted molar refractivity (Wildman–Crippen MR) is 88.6 cm³/mol. The van der Waals surface area contributed by atoms with Crippen LogP contribution >= 0.6 is 0 Å². The van der Waals surface area contributed by atoms with Gasteiger partial charge in [-0.2, -0.15) is 0 Å². The summed E-state index contributed by atoms with van der Waals surface area (Å²) in [5.41, 5.74) is 3.38. The zero-order valence-corrected chi connectivity index (χ0v) is 13.7. The fraction of sp³-hybridized carbons (Fsp3) is 0.556. The van der Waals surface area contributed by atoms with Crippen LogP contribution in [0.3, 0.4) is 0 Å². The molecule has 1 atom stereocenters. The molecule has 0 aromatic carbocycles. The molecule has 1 N–H and O–H groups in total. The van der Waals surface area contributed by atoms with E-state index in [0.29, 0.717) is 30.7 Å². The maximum Gasteiger partial charge on any atom is 0.223 e. The molecule has 1 aliphatic heterocycles. The summed E-state index contributed by atoms with van der Waals surface area (Å²) in [4.78, 5) is 22.2. The number of hydrogen-bond donors (Lipinski definition) is 1. The summed E-state index contributed by atoms with van der Waals surface area (Å²) in [6, 6.07) is 4.07. The predicted octanol–water partition coefficient (Wildman–Crippen LogP) is 3.83. The van der Waals surface area contributed by atoms with E-state index in [9.17, 15) is 4.79 Å². The van der Waals surface area contributed by atoms with Crippen molar-refractivity contribution in [3.63, 3.8) is 0 Å². The SMILES string of the molecule is CCCC1CC(=O)N(Cc2c(C(C)C)[nH]c3ncccc23)C1. The summed E-state index contributed by atoms with van der Waals surface area (Å²) in [5, 5.41) is 1.15. The number of carbonyl (C=O) groups is 1. The van der Waals surface area contributed by atoms with E-state index in [-0.39, 0.29) is 0 Å². The number of carbonyl (C=O) groups excluding carboxylic acids is 1. The van der Waals surface area contributed by atoms with Gasteiger partial charge in [0.1, 0.15) is 5.65 Å². The molecule has 0 aliphatic carbocycles. The average Bonchev–Trinajstić information content (AvgIpc) is 3.02. The monoisotopic (exact) mass is 299 g/mol. The number of hydrogen-bond acceptors (Lipinski definition) is 2. The Kier molecular flexibility index (Phi) is 4.19. The minimum atomic E-state index is 0.298. The summed E-state index contributed by atoms with van der Waals surface area (Å²) < 4.78 is 0. The highest BCUT2D eigenvalue weighted by Gasteiger charge is 2.30. The average molecular weight is 299 g/mol. The molecule has 1 amide bonds. The summed E-state index contributed by atoms with van der Waals surface area (Å²) in [6.07, 6.45) is 4.82. The second kappa shape index (κ2) is 6.11. The molecule has 1 fully saturated rings. The van der Waals surface area contributed by atoms with E-state index in [1.165, 1.54) is 11.3 Å². The Hall–Kier alpha value is -1.84. The summed E-state index contributed by atoms with van der Waals surface area (Å²) in [7, 11) is 0. The van der Waals surface area contributed by atoms with E-state index in [1.54, 1.807) is 0 Å². The van der Waals surface area contributed by atoms with Crippen LogP contribution < -0.4 is 0 Å². The molecule has 0 spiro atoms. The van der Waals surface area contributed by atoms with Gasteiger partial charge in [-0.05, 0) is 30.4 Å². The molecule has 1 aliphatic rings. The van der Waals surface area contributed by atoms with Gasteiger partial charge in [-0.15, -0.1) is 0 Å². The lowest BCUT2D eigenvalue weighted by Crippen LogP contribution is -2.25. The van der Waals surface area contributed by atoms with Crippen molar-refractivity contribution in [2.24, 2.45) is 5.92 Å². The smallest absolute Gasteiger partial charge is 0.223 e. The lowest BCUT2D eigenvalue weighted by atomic mass is 10.0. The number of aromatic nitrogens is 2. The van der Waals surface area contributed by atoms with E-state index in [0.717, 1.165) is 30.4 Å². The zero-order valence-electron chi connectivity index (χ0n) is 13.7. The molecule has 0 bridgehead atoms. The molecule has 4 heteroatoms. The Balaban J connectivity index is 1.90. The van der Waals surface area contributed by atoms with Gasteiger partial charge in [0.15, 0.2) is 0 Å². The molecule has 0 saturated carbocycles. The minimum Gasteiger partial charge on any atom is -0.343 e. The van der Waals surface area contributed by atoms with Gasteiger partial charge in [0.25, 0.3) is 0 Å². The Labute approximate surface area is 131 Å². The van der Waals surface area contributed by atoms with E-state index in [2.05, 4.69) is 36.8 Å². The van der Waals surface area contributed by atoms with Crippen LogP contribution in [0.1, 0.15) is 57.2 Å². The van der Waals surface area contributed by atoms with Gasteiger partial charge in [0, 0.05) is 42.4 Å². The molecule has 2 aromatic heterocycles. The van der Waals surface area contributed by atoms with Crippen LogP contribution in [0, 0.1) is 5.92 Å². The number of aromatic amines is 1. The topological polar surface area (TPSA) is 49.0 Å². The fourth-order valence-electron chi connectivity index (χ4n) is 3.56. The van der Waals surface area contributed by atoms with Gasteiger partial charge < -0.3 is 9.88 Å². The number of amides is 1. The lowest BCUT2D eigenvalue weighted by molar-refractivity contribution is -0.128. The molecule has 4 nitrogen and oxygen atoms in total. The van der Waals surface area contributed by atoms with Crippen molar-refractivity contribution < 1.29 is 4.79 Å². The molecule has 3 heterocycles. The first-order chi connectivity index (χ1) is 10.6. The van der Waals surface area contributed by atoms with Crippen LogP contribution in [-0.4, -0.2) is 27.3 Å². The van der Waals surface area contributed by atoms with E-state index < -0.39 is 0 Å². The largest absolute Gasteiger partial charge is 0.343 e. The second-order valence-electron chi connectivity index (χ2n) is 6.70. The quantitative estimate of drug-likeness (QED) is 0.912. The third kappa shape index (κ3) is 2.74. The molecule has 3 rings (SSSR count). The Bertz CT molecular complexity index is 674. The molecule has 1 unspecified atom stereocenters. The normalized spacial score (nSPS) is 18.8. The van der Waals surface area contributed by atoms with Gasteiger partial charge in [0.2, 0.25) is 5.91 Å². The van der Waals surface area contributed by atoms with E-state index >= 15 is 0 Å². The number of fused-ring (bicyclic) bond motifs is 1. The van der Waals surface area contributed by atoms with Crippen LogP contribution in [0.4, 0.5) is 0 Å². The van der Waals surface area contributed by atoms with E-state index in [4.69, 9.17) is 0 Å². The first-order valence-electron chi connectivity index (χ1n) is 8.33. The lowest BCUT2D eigenvalue weighted by Gasteiger charge is -2.18. The van der Waals surface area contributed by atoms with Crippen molar-refractivity contribution in [3.8, 4) is 0 Å². The fourth-order valence-corrected chi connectivity index (χ4v) is 3.56. The minimum absolute atomic E-state index is 0.298. The summed E-state index contributed by atoms with van der Waals surface area (Å²) >= 11 is 0. The number of rotatable bonds is 5. The van der Waals surface area contributed by atoms with Gasteiger partial charge in [-0.1, -0.05) is 27.2 Å². The highest BCUT2D eigenvalue weighted by atomic mass is 16.2. The third-order valence-electron chi connectivity index (χ3n) is 4.63. The molecule has 22 heavy (non-hydrogen) atoms. The van der Waals surface area contributed by atoms with E-state index in [1.807, 2.05) is 17.2 Å². The Morgan fingerprint density at radius 2 is 2.27 bits per heavy atom. The van der Waals surface area contributed by atoms with Crippen molar-refractivity contribution in [1.29, 1.82) is 0 Å². The van der Waals surface area contributed by atoms with Crippen molar-refractivity contribution in [1.82, 2.24) is 14.9 Å². The van der Waals surface area contributed by atoms with Crippen LogP contribution in [-0.2, 0) is 11.3 Å². The van der Waals surface area contributed by atoms with Crippen LogP contribution in [0.25, 0.3) is 11.0 Å². The van der Waals surface area contributed by atoms with Crippen LogP contribution in [0.15, 0.2) is 18.3 Å². The third-order valence-corrected chi connectivity index (χ3v) is 4.63. The van der Waals surface area contributed by atoms with Crippen LogP contribution in [0.2, 0.25) is 0 Å². The van der Waals surface area contributed by atoms with Crippen molar-refractivity contribution in [3.05, 3.63) is 29.6 Å². The number of nitrogens with zero attached hydrogens (tertiary/aromatic N) is 2. The zero-order chi connectivity index (χ0) is 15.7. The molecule has 118 valence electrons.